The van der Waals surface area contributed by atoms with Crippen LogP contribution in [0.1, 0.15) is 0 Å². The second kappa shape index (κ2) is 6.32. The Labute approximate surface area is 123 Å². The largest absolute Gasteiger partial charge is 0.493 e. The van der Waals surface area contributed by atoms with Gasteiger partial charge in [0.1, 0.15) is 6.10 Å². The average Bonchev–Trinajstić information content (AvgIpc) is 2.51. The van der Waals surface area contributed by atoms with Crippen LogP contribution in [0.5, 0.6) is 11.5 Å². The summed E-state index contributed by atoms with van der Waals surface area (Å²) in [5.74, 6) is 1.38. The lowest BCUT2D eigenvalue weighted by molar-refractivity contribution is -0.165. The number of para-hydroxylation sites is 2. The lowest BCUT2D eigenvalue weighted by Crippen LogP contribution is -2.60. The van der Waals surface area contributed by atoms with Crippen LogP contribution < -0.4 is 9.47 Å². The average molecular weight is 293 g/mol. The number of nitrogens with zero attached hydrogens (tertiary/aromatic N) is 1. The third kappa shape index (κ3) is 3.11. The number of carbonyl (C=O) groups excluding carboxylic acids is 1. The summed E-state index contributed by atoms with van der Waals surface area (Å²) in [7, 11) is 1.61. The van der Waals surface area contributed by atoms with Gasteiger partial charge in [-0.25, -0.2) is 0 Å². The van der Waals surface area contributed by atoms with Crippen molar-refractivity contribution in [3.63, 3.8) is 0 Å². The number of benzene rings is 1. The van der Waals surface area contributed by atoms with E-state index in [0.29, 0.717) is 44.4 Å². The molecular weight excluding hydrogens is 274 g/mol. The van der Waals surface area contributed by atoms with Gasteiger partial charge in [-0.05, 0) is 12.1 Å². The number of likely N-dealkylation sites (tertiary alicyclic amines) is 1. The van der Waals surface area contributed by atoms with E-state index in [1.54, 1.807) is 12.0 Å². The van der Waals surface area contributed by atoms with Crippen LogP contribution in [-0.4, -0.2) is 63.0 Å². The molecule has 6 heteroatoms. The van der Waals surface area contributed by atoms with E-state index in [9.17, 15) is 4.79 Å². The fourth-order valence-corrected chi connectivity index (χ4v) is 2.42. The topological polar surface area (TPSA) is 57.2 Å². The zero-order valence-corrected chi connectivity index (χ0v) is 12.0. The van der Waals surface area contributed by atoms with Gasteiger partial charge in [-0.15, -0.1) is 0 Å². The van der Waals surface area contributed by atoms with Crippen molar-refractivity contribution in [1.29, 1.82) is 0 Å². The number of ether oxygens (including phenoxy) is 4. The number of hydrogen-bond acceptors (Lipinski definition) is 5. The first-order chi connectivity index (χ1) is 10.3. The molecule has 2 aliphatic rings. The highest BCUT2D eigenvalue weighted by molar-refractivity contribution is 5.82. The second-order valence-electron chi connectivity index (χ2n) is 5.07. The van der Waals surface area contributed by atoms with Crippen LogP contribution in [0, 0.1) is 0 Å². The van der Waals surface area contributed by atoms with Crippen molar-refractivity contribution in [3.8, 4) is 11.5 Å². The summed E-state index contributed by atoms with van der Waals surface area (Å²) in [6.07, 6.45) is -0.472. The Bertz CT molecular complexity index is 495. The van der Waals surface area contributed by atoms with Crippen molar-refractivity contribution in [3.05, 3.63) is 24.3 Å². The van der Waals surface area contributed by atoms with Gasteiger partial charge < -0.3 is 23.8 Å². The molecule has 0 radical (unpaired) electrons. The molecule has 2 saturated heterocycles. The van der Waals surface area contributed by atoms with Gasteiger partial charge in [0.25, 0.3) is 5.91 Å². The van der Waals surface area contributed by atoms with Gasteiger partial charge in [-0.3, -0.25) is 4.79 Å². The van der Waals surface area contributed by atoms with Crippen molar-refractivity contribution >= 4 is 5.91 Å². The number of rotatable bonds is 4. The lowest BCUT2D eigenvalue weighted by Gasteiger charge is -2.41. The van der Waals surface area contributed by atoms with Crippen molar-refractivity contribution < 1.29 is 23.7 Å². The van der Waals surface area contributed by atoms with Gasteiger partial charge in [0.15, 0.2) is 17.6 Å². The smallest absolute Gasteiger partial charge is 0.254 e. The number of hydrogen-bond donors (Lipinski definition) is 0. The number of amides is 1. The molecule has 1 aromatic carbocycles. The molecule has 1 aromatic rings. The molecule has 0 aromatic heterocycles. The van der Waals surface area contributed by atoms with E-state index < -0.39 is 6.10 Å². The van der Waals surface area contributed by atoms with E-state index in [1.165, 1.54) is 0 Å². The summed E-state index contributed by atoms with van der Waals surface area (Å²) >= 11 is 0. The van der Waals surface area contributed by atoms with Crippen molar-refractivity contribution in [2.45, 2.75) is 12.2 Å². The Kier molecular flexibility index (Phi) is 4.26. The quantitative estimate of drug-likeness (QED) is 0.818. The Hall–Kier alpha value is -1.79. The molecule has 3 rings (SSSR count). The Morgan fingerprint density at radius 3 is 2.67 bits per heavy atom. The number of carbonyl (C=O) groups is 1. The molecule has 0 unspecified atom stereocenters. The standard InChI is InChI=1S/C15H19NO5/c1-18-12-4-2-3-5-13(12)21-11-8-16(9-11)15(17)14-10-19-6-7-20-14/h2-5,11,14H,6-10H2,1H3/t14-/m1/s1. The van der Waals surface area contributed by atoms with E-state index in [2.05, 4.69) is 0 Å². The molecule has 0 bridgehead atoms. The molecule has 1 amide bonds. The van der Waals surface area contributed by atoms with Crippen LogP contribution in [0.4, 0.5) is 0 Å². The molecule has 1 atom stereocenters. The van der Waals surface area contributed by atoms with Crippen LogP contribution in [0.2, 0.25) is 0 Å². The van der Waals surface area contributed by atoms with Gasteiger partial charge in [0.2, 0.25) is 0 Å². The van der Waals surface area contributed by atoms with Crippen LogP contribution >= 0.6 is 0 Å². The molecule has 0 N–H and O–H groups in total. The Balaban J connectivity index is 1.50. The van der Waals surface area contributed by atoms with Crippen molar-refractivity contribution in [2.24, 2.45) is 0 Å². The molecule has 0 spiro atoms. The summed E-state index contributed by atoms with van der Waals surface area (Å²) in [5.41, 5.74) is 0. The van der Waals surface area contributed by atoms with Crippen LogP contribution in [0.25, 0.3) is 0 Å². The lowest BCUT2D eigenvalue weighted by atomic mass is 10.1. The second-order valence-corrected chi connectivity index (χ2v) is 5.07. The summed E-state index contributed by atoms with van der Waals surface area (Å²) < 4.78 is 21.8. The molecule has 114 valence electrons. The molecule has 2 fully saturated rings. The van der Waals surface area contributed by atoms with Crippen LogP contribution in [-0.2, 0) is 14.3 Å². The maximum Gasteiger partial charge on any atom is 0.254 e. The molecule has 6 nitrogen and oxygen atoms in total. The fourth-order valence-electron chi connectivity index (χ4n) is 2.42. The van der Waals surface area contributed by atoms with E-state index in [1.807, 2.05) is 24.3 Å². The van der Waals surface area contributed by atoms with Gasteiger partial charge in [-0.1, -0.05) is 12.1 Å². The predicted octanol–water partition coefficient (Wildman–Crippen LogP) is 0.700. The van der Waals surface area contributed by atoms with E-state index >= 15 is 0 Å². The van der Waals surface area contributed by atoms with Crippen LogP contribution in [0.3, 0.4) is 0 Å². The van der Waals surface area contributed by atoms with E-state index in [0.717, 1.165) is 0 Å². The van der Waals surface area contributed by atoms with E-state index in [-0.39, 0.29) is 12.0 Å². The first kappa shape index (κ1) is 14.2. The summed E-state index contributed by atoms with van der Waals surface area (Å²) in [6.45, 7) is 2.51. The van der Waals surface area contributed by atoms with Gasteiger partial charge in [-0.2, -0.15) is 0 Å². The van der Waals surface area contributed by atoms with Crippen molar-refractivity contribution in [2.75, 3.05) is 40.0 Å². The monoisotopic (exact) mass is 293 g/mol. The first-order valence-corrected chi connectivity index (χ1v) is 7.05. The van der Waals surface area contributed by atoms with E-state index in [4.69, 9.17) is 18.9 Å². The molecule has 21 heavy (non-hydrogen) atoms. The normalized spacial score (nSPS) is 22.5. The highest BCUT2D eigenvalue weighted by Gasteiger charge is 2.37. The first-order valence-electron chi connectivity index (χ1n) is 7.05. The molecule has 0 saturated carbocycles. The maximum absolute atomic E-state index is 12.1. The molecular formula is C15H19NO5. The predicted molar refractivity (Wildman–Crippen MR) is 74.5 cm³/mol. The zero-order valence-electron chi connectivity index (χ0n) is 12.0. The summed E-state index contributed by atoms with van der Waals surface area (Å²) in [4.78, 5) is 13.9. The maximum atomic E-state index is 12.1. The third-order valence-electron chi connectivity index (χ3n) is 3.61. The highest BCUT2D eigenvalue weighted by Crippen LogP contribution is 2.28. The summed E-state index contributed by atoms with van der Waals surface area (Å²) in [6, 6.07) is 7.50. The molecule has 0 aliphatic carbocycles. The fraction of sp³-hybridized carbons (Fsp3) is 0.533. The van der Waals surface area contributed by atoms with Crippen LogP contribution in [0.15, 0.2) is 24.3 Å². The number of methoxy groups -OCH3 is 1. The Morgan fingerprint density at radius 2 is 2.00 bits per heavy atom. The summed E-state index contributed by atoms with van der Waals surface area (Å²) in [5, 5.41) is 0. The minimum atomic E-state index is -0.467. The zero-order chi connectivity index (χ0) is 14.7. The minimum absolute atomic E-state index is 0.00485. The molecule has 2 aliphatic heterocycles. The van der Waals surface area contributed by atoms with Gasteiger partial charge in [0.05, 0.1) is 40.0 Å². The van der Waals surface area contributed by atoms with Gasteiger partial charge in [0, 0.05) is 0 Å². The SMILES string of the molecule is COc1ccccc1OC1CN(C(=O)[C@H]2COCCO2)C1. The Morgan fingerprint density at radius 1 is 1.24 bits per heavy atom. The third-order valence-corrected chi connectivity index (χ3v) is 3.61. The van der Waals surface area contributed by atoms with Gasteiger partial charge >= 0.3 is 0 Å². The minimum Gasteiger partial charge on any atom is -0.493 e. The van der Waals surface area contributed by atoms with Crippen molar-refractivity contribution in [1.82, 2.24) is 4.90 Å². The highest BCUT2D eigenvalue weighted by atomic mass is 16.6. The molecule has 2 heterocycles.